The van der Waals surface area contributed by atoms with Gasteiger partial charge in [0, 0.05) is 18.2 Å². The quantitative estimate of drug-likeness (QED) is 0.689. The zero-order valence-corrected chi connectivity index (χ0v) is 13.5. The van der Waals surface area contributed by atoms with Gasteiger partial charge in [0.1, 0.15) is 18.1 Å². The van der Waals surface area contributed by atoms with Gasteiger partial charge in [0.05, 0.1) is 11.6 Å². The highest BCUT2D eigenvalue weighted by Crippen LogP contribution is 2.23. The van der Waals surface area contributed by atoms with Gasteiger partial charge in [0.25, 0.3) is 5.91 Å². The zero-order chi connectivity index (χ0) is 17.8. The van der Waals surface area contributed by atoms with Crippen LogP contribution in [0.2, 0.25) is 0 Å². The van der Waals surface area contributed by atoms with Crippen molar-refractivity contribution in [2.45, 2.75) is 6.61 Å². The lowest BCUT2D eigenvalue weighted by Crippen LogP contribution is -2.25. The van der Waals surface area contributed by atoms with E-state index in [1.165, 1.54) is 7.05 Å². The van der Waals surface area contributed by atoms with E-state index in [0.717, 1.165) is 10.5 Å². The molecule has 0 aromatic heterocycles. The van der Waals surface area contributed by atoms with Gasteiger partial charge in [0.2, 0.25) is 0 Å². The first-order chi connectivity index (χ1) is 12.1. The standard InChI is InChI=1S/C19H15N3O3/c1-22-18(23)16(21-19(22)24)10-13-6-4-5-9-17(13)25-12-15-8-3-2-7-14(15)11-20/h2-10H,12H2,1H3,(H,21,24)/b16-10+. The molecule has 2 aromatic rings. The number of nitriles is 1. The molecule has 1 saturated heterocycles. The van der Waals surface area contributed by atoms with Crippen LogP contribution in [0, 0.1) is 11.3 Å². The first-order valence-electron chi connectivity index (χ1n) is 7.60. The van der Waals surface area contributed by atoms with E-state index in [4.69, 9.17) is 10.00 Å². The summed E-state index contributed by atoms with van der Waals surface area (Å²) in [5, 5.41) is 11.7. The number of nitrogens with zero attached hydrogens (tertiary/aromatic N) is 2. The highest BCUT2D eigenvalue weighted by Gasteiger charge is 2.30. The fourth-order valence-corrected chi connectivity index (χ4v) is 2.42. The highest BCUT2D eigenvalue weighted by molar-refractivity contribution is 6.13. The largest absolute Gasteiger partial charge is 0.488 e. The average Bonchev–Trinajstić information content (AvgIpc) is 2.88. The molecule has 0 unspecified atom stereocenters. The van der Waals surface area contributed by atoms with Gasteiger partial charge >= 0.3 is 6.03 Å². The molecule has 3 amide bonds. The van der Waals surface area contributed by atoms with Crippen molar-refractivity contribution in [2.24, 2.45) is 0 Å². The van der Waals surface area contributed by atoms with Gasteiger partial charge in [-0.3, -0.25) is 9.69 Å². The maximum Gasteiger partial charge on any atom is 0.328 e. The van der Waals surface area contributed by atoms with Gasteiger partial charge < -0.3 is 10.1 Å². The molecular formula is C19H15N3O3. The zero-order valence-electron chi connectivity index (χ0n) is 13.5. The fourth-order valence-electron chi connectivity index (χ4n) is 2.42. The van der Waals surface area contributed by atoms with Gasteiger partial charge in [0.15, 0.2) is 0 Å². The second-order valence-corrected chi connectivity index (χ2v) is 5.45. The molecule has 0 radical (unpaired) electrons. The van der Waals surface area contributed by atoms with E-state index < -0.39 is 11.9 Å². The van der Waals surface area contributed by atoms with Crippen LogP contribution in [0.3, 0.4) is 0 Å². The van der Waals surface area contributed by atoms with Crippen LogP contribution >= 0.6 is 0 Å². The first-order valence-corrected chi connectivity index (χ1v) is 7.60. The van der Waals surface area contributed by atoms with E-state index in [-0.39, 0.29) is 12.3 Å². The Bertz CT molecular complexity index is 912. The molecule has 1 aliphatic heterocycles. The summed E-state index contributed by atoms with van der Waals surface area (Å²) in [5.41, 5.74) is 2.19. The summed E-state index contributed by atoms with van der Waals surface area (Å²) in [6.07, 6.45) is 1.58. The molecule has 124 valence electrons. The summed E-state index contributed by atoms with van der Waals surface area (Å²) in [6.45, 7) is 0.226. The number of likely N-dealkylation sites (N-methyl/N-ethyl adjacent to an activating group) is 1. The monoisotopic (exact) mass is 333 g/mol. The molecule has 3 rings (SSSR count). The molecule has 1 heterocycles. The summed E-state index contributed by atoms with van der Waals surface area (Å²) in [7, 11) is 1.42. The topological polar surface area (TPSA) is 82.4 Å². The van der Waals surface area contributed by atoms with Crippen LogP contribution < -0.4 is 10.1 Å². The molecule has 1 N–H and O–H groups in total. The Kier molecular flexibility index (Phi) is 4.48. The van der Waals surface area contributed by atoms with E-state index in [1.807, 2.05) is 24.3 Å². The van der Waals surface area contributed by atoms with Crippen LogP contribution in [-0.4, -0.2) is 23.9 Å². The number of rotatable bonds is 4. The number of ether oxygens (including phenoxy) is 1. The number of hydrogen-bond donors (Lipinski definition) is 1. The van der Waals surface area contributed by atoms with Gasteiger partial charge in [-0.2, -0.15) is 5.26 Å². The minimum Gasteiger partial charge on any atom is -0.488 e. The molecule has 0 aliphatic carbocycles. The van der Waals surface area contributed by atoms with Crippen molar-refractivity contribution in [3.8, 4) is 11.8 Å². The lowest BCUT2D eigenvalue weighted by molar-refractivity contribution is -0.121. The molecule has 6 heteroatoms. The van der Waals surface area contributed by atoms with Gasteiger partial charge in [-0.15, -0.1) is 0 Å². The Labute approximate surface area is 144 Å². The van der Waals surface area contributed by atoms with Crippen molar-refractivity contribution in [2.75, 3.05) is 7.05 Å². The smallest absolute Gasteiger partial charge is 0.328 e. The summed E-state index contributed by atoms with van der Waals surface area (Å²) >= 11 is 0. The van der Waals surface area contributed by atoms with Crippen LogP contribution in [0.15, 0.2) is 54.2 Å². The lowest BCUT2D eigenvalue weighted by atomic mass is 10.1. The van der Waals surface area contributed by atoms with E-state index >= 15 is 0 Å². The Morgan fingerprint density at radius 1 is 1.16 bits per heavy atom. The number of amides is 3. The average molecular weight is 333 g/mol. The van der Waals surface area contributed by atoms with Crippen molar-refractivity contribution in [1.29, 1.82) is 5.26 Å². The number of benzene rings is 2. The van der Waals surface area contributed by atoms with E-state index in [0.29, 0.717) is 16.9 Å². The molecule has 0 saturated carbocycles. The third-order valence-corrected chi connectivity index (χ3v) is 3.82. The Hall–Kier alpha value is -3.59. The van der Waals surface area contributed by atoms with Crippen molar-refractivity contribution < 1.29 is 14.3 Å². The SMILES string of the molecule is CN1C(=O)N/C(=C/c2ccccc2OCc2ccccc2C#N)C1=O. The van der Waals surface area contributed by atoms with Crippen LogP contribution in [0.25, 0.3) is 6.08 Å². The predicted molar refractivity (Wildman–Crippen MR) is 91.2 cm³/mol. The van der Waals surface area contributed by atoms with Gasteiger partial charge in [-0.05, 0) is 18.2 Å². The highest BCUT2D eigenvalue weighted by atomic mass is 16.5. The molecule has 0 bridgehead atoms. The van der Waals surface area contributed by atoms with Crippen LogP contribution in [0.4, 0.5) is 4.79 Å². The van der Waals surface area contributed by atoms with Crippen molar-refractivity contribution >= 4 is 18.0 Å². The Morgan fingerprint density at radius 2 is 1.88 bits per heavy atom. The molecular weight excluding hydrogens is 318 g/mol. The van der Waals surface area contributed by atoms with E-state index in [1.54, 1.807) is 30.3 Å². The number of carbonyl (C=O) groups is 2. The second kappa shape index (κ2) is 6.89. The summed E-state index contributed by atoms with van der Waals surface area (Å²) in [5.74, 6) is 0.161. The third kappa shape index (κ3) is 3.35. The normalized spacial score (nSPS) is 15.2. The van der Waals surface area contributed by atoms with E-state index in [2.05, 4.69) is 11.4 Å². The summed E-state index contributed by atoms with van der Waals surface area (Å²) in [4.78, 5) is 24.5. The number of urea groups is 1. The van der Waals surface area contributed by atoms with Crippen LogP contribution in [0.1, 0.15) is 16.7 Å². The minimum atomic E-state index is -0.461. The molecule has 0 spiro atoms. The molecule has 1 fully saturated rings. The number of hydrogen-bond acceptors (Lipinski definition) is 4. The number of imide groups is 1. The van der Waals surface area contributed by atoms with Crippen LogP contribution in [0.5, 0.6) is 5.75 Å². The predicted octanol–water partition coefficient (Wildman–Crippen LogP) is 2.66. The van der Waals surface area contributed by atoms with Crippen molar-refractivity contribution in [1.82, 2.24) is 10.2 Å². The lowest BCUT2D eigenvalue weighted by Gasteiger charge is -2.10. The van der Waals surface area contributed by atoms with Gasteiger partial charge in [-0.1, -0.05) is 36.4 Å². The van der Waals surface area contributed by atoms with Gasteiger partial charge in [-0.25, -0.2) is 4.79 Å². The van der Waals surface area contributed by atoms with Crippen molar-refractivity contribution in [3.05, 3.63) is 70.9 Å². The Morgan fingerprint density at radius 3 is 2.60 bits per heavy atom. The summed E-state index contributed by atoms with van der Waals surface area (Å²) < 4.78 is 5.83. The third-order valence-electron chi connectivity index (χ3n) is 3.82. The molecule has 6 nitrogen and oxygen atoms in total. The second-order valence-electron chi connectivity index (χ2n) is 5.45. The van der Waals surface area contributed by atoms with E-state index in [9.17, 15) is 9.59 Å². The number of para-hydroxylation sites is 1. The first kappa shape index (κ1) is 16.3. The van der Waals surface area contributed by atoms with Crippen molar-refractivity contribution in [3.63, 3.8) is 0 Å². The maximum absolute atomic E-state index is 12.0. The minimum absolute atomic E-state index is 0.195. The maximum atomic E-state index is 12.0. The molecule has 0 atom stereocenters. The summed E-state index contributed by atoms with van der Waals surface area (Å²) in [6, 6.07) is 16.1. The molecule has 25 heavy (non-hydrogen) atoms. The number of nitrogens with one attached hydrogen (secondary N) is 1. The fraction of sp³-hybridized carbons (Fsp3) is 0.105. The van der Waals surface area contributed by atoms with Crippen LogP contribution in [-0.2, 0) is 11.4 Å². The molecule has 2 aromatic carbocycles. The Balaban J connectivity index is 1.84. The number of carbonyl (C=O) groups excluding carboxylic acids is 2. The molecule has 1 aliphatic rings.